The van der Waals surface area contributed by atoms with Crippen LogP contribution in [0.1, 0.15) is 25.5 Å². The zero-order valence-corrected chi connectivity index (χ0v) is 11.4. The van der Waals surface area contributed by atoms with E-state index in [0.29, 0.717) is 18.0 Å². The normalized spacial score (nSPS) is 27.4. The number of benzene rings is 1. The zero-order valence-electron chi connectivity index (χ0n) is 11.4. The van der Waals surface area contributed by atoms with Gasteiger partial charge in [0.15, 0.2) is 0 Å². The Morgan fingerprint density at radius 3 is 2.56 bits per heavy atom. The van der Waals surface area contributed by atoms with Crippen LogP contribution < -0.4 is 20.9 Å². The third-order valence-electron chi connectivity index (χ3n) is 3.64. The molecule has 1 saturated heterocycles. The lowest BCUT2D eigenvalue weighted by molar-refractivity contribution is 0.404. The first-order valence-corrected chi connectivity index (χ1v) is 6.62. The Bertz CT molecular complexity index is 366. The van der Waals surface area contributed by atoms with Gasteiger partial charge in [-0.1, -0.05) is 19.1 Å². The highest BCUT2D eigenvalue weighted by atomic mass is 16.5. The summed E-state index contributed by atoms with van der Waals surface area (Å²) in [5, 5.41) is 3.44. The van der Waals surface area contributed by atoms with Crippen LogP contribution in [0.3, 0.4) is 0 Å². The number of methoxy groups -OCH3 is 1. The van der Waals surface area contributed by atoms with E-state index in [0.717, 1.165) is 18.8 Å². The summed E-state index contributed by atoms with van der Waals surface area (Å²) in [5.74, 6) is 1.46. The molecule has 0 amide bonds. The van der Waals surface area contributed by atoms with Gasteiger partial charge < -0.3 is 10.1 Å². The van der Waals surface area contributed by atoms with Gasteiger partial charge in [-0.2, -0.15) is 0 Å². The molecule has 3 atom stereocenters. The summed E-state index contributed by atoms with van der Waals surface area (Å²) in [7, 11) is 1.69. The molecule has 0 radical (unpaired) electrons. The van der Waals surface area contributed by atoms with Crippen LogP contribution in [0.4, 0.5) is 0 Å². The van der Waals surface area contributed by atoms with E-state index in [1.54, 1.807) is 7.11 Å². The molecule has 4 nitrogen and oxygen atoms in total. The summed E-state index contributed by atoms with van der Waals surface area (Å²) in [6.07, 6.45) is 0. The van der Waals surface area contributed by atoms with E-state index in [2.05, 4.69) is 42.1 Å². The number of hydrogen-bond donors (Lipinski definition) is 3. The average Bonchev–Trinajstić information content (AvgIpc) is 2.78. The quantitative estimate of drug-likeness (QED) is 0.739. The molecule has 3 N–H and O–H groups in total. The molecule has 1 fully saturated rings. The van der Waals surface area contributed by atoms with Gasteiger partial charge in [0.2, 0.25) is 0 Å². The lowest BCUT2D eigenvalue weighted by atomic mass is 9.90. The molecular weight excluding hydrogens is 226 g/mol. The molecule has 0 aliphatic carbocycles. The molecule has 3 unspecified atom stereocenters. The minimum absolute atomic E-state index is 0.352. The largest absolute Gasteiger partial charge is 0.497 e. The first kappa shape index (κ1) is 13.3. The molecule has 0 saturated carbocycles. The van der Waals surface area contributed by atoms with Crippen molar-refractivity contribution in [2.24, 2.45) is 5.92 Å². The van der Waals surface area contributed by atoms with E-state index in [4.69, 9.17) is 4.74 Å². The Labute approximate surface area is 109 Å². The lowest BCUT2D eigenvalue weighted by Gasteiger charge is -2.21. The minimum atomic E-state index is 0.352. The van der Waals surface area contributed by atoms with Gasteiger partial charge in [-0.15, -0.1) is 0 Å². The summed E-state index contributed by atoms with van der Waals surface area (Å²) in [5.41, 5.74) is 8.02. The van der Waals surface area contributed by atoms with Gasteiger partial charge in [0.05, 0.1) is 13.2 Å². The van der Waals surface area contributed by atoms with Crippen molar-refractivity contribution < 1.29 is 4.74 Å². The molecular formula is C14H23N3O. The average molecular weight is 249 g/mol. The SMILES string of the molecule is CCNCC1C(C)NNC1c1ccc(OC)cc1. The van der Waals surface area contributed by atoms with E-state index in [1.807, 2.05) is 12.1 Å². The van der Waals surface area contributed by atoms with Gasteiger partial charge in [0.1, 0.15) is 5.75 Å². The van der Waals surface area contributed by atoms with E-state index >= 15 is 0 Å². The van der Waals surface area contributed by atoms with Crippen molar-refractivity contribution in [3.63, 3.8) is 0 Å². The lowest BCUT2D eigenvalue weighted by Crippen LogP contribution is -2.32. The van der Waals surface area contributed by atoms with Crippen molar-refractivity contribution in [1.29, 1.82) is 0 Å². The Morgan fingerprint density at radius 1 is 1.22 bits per heavy atom. The highest BCUT2D eigenvalue weighted by Crippen LogP contribution is 2.29. The maximum Gasteiger partial charge on any atom is 0.118 e. The summed E-state index contributed by atoms with van der Waals surface area (Å²) in [6.45, 7) is 6.40. The predicted molar refractivity (Wildman–Crippen MR) is 73.5 cm³/mol. The topological polar surface area (TPSA) is 45.3 Å². The molecule has 2 rings (SSSR count). The van der Waals surface area contributed by atoms with Crippen LogP contribution in [-0.4, -0.2) is 26.2 Å². The molecule has 0 spiro atoms. The van der Waals surface area contributed by atoms with Gasteiger partial charge in [-0.25, -0.2) is 5.43 Å². The van der Waals surface area contributed by atoms with Crippen LogP contribution in [0.25, 0.3) is 0 Å². The fourth-order valence-corrected chi connectivity index (χ4v) is 2.47. The van der Waals surface area contributed by atoms with Crippen LogP contribution in [-0.2, 0) is 0 Å². The second kappa shape index (κ2) is 6.18. The number of nitrogens with one attached hydrogen (secondary N) is 3. The number of rotatable bonds is 5. The first-order chi connectivity index (χ1) is 8.76. The Kier molecular flexibility index (Phi) is 4.58. The van der Waals surface area contributed by atoms with Crippen LogP contribution in [0.15, 0.2) is 24.3 Å². The van der Waals surface area contributed by atoms with Gasteiger partial charge in [0.25, 0.3) is 0 Å². The van der Waals surface area contributed by atoms with Crippen molar-refractivity contribution in [3.8, 4) is 5.75 Å². The monoisotopic (exact) mass is 249 g/mol. The molecule has 1 aromatic carbocycles. The molecule has 0 aromatic heterocycles. The summed E-state index contributed by atoms with van der Waals surface area (Å²) in [6, 6.07) is 9.12. The molecule has 1 aliphatic heterocycles. The number of ether oxygens (including phenoxy) is 1. The van der Waals surface area contributed by atoms with E-state index < -0.39 is 0 Å². The fourth-order valence-electron chi connectivity index (χ4n) is 2.47. The van der Waals surface area contributed by atoms with E-state index in [1.165, 1.54) is 5.56 Å². The fraction of sp³-hybridized carbons (Fsp3) is 0.571. The zero-order chi connectivity index (χ0) is 13.0. The standard InChI is InChI=1S/C14H23N3O/c1-4-15-9-13-10(2)16-17-14(13)11-5-7-12(18-3)8-6-11/h5-8,10,13-17H,4,9H2,1-3H3. The molecule has 100 valence electrons. The molecule has 18 heavy (non-hydrogen) atoms. The molecule has 4 heteroatoms. The third-order valence-corrected chi connectivity index (χ3v) is 3.64. The van der Waals surface area contributed by atoms with Gasteiger partial charge in [-0.3, -0.25) is 5.43 Å². The minimum Gasteiger partial charge on any atom is -0.497 e. The van der Waals surface area contributed by atoms with Crippen LogP contribution in [0, 0.1) is 5.92 Å². The summed E-state index contributed by atoms with van der Waals surface area (Å²) in [4.78, 5) is 0. The van der Waals surface area contributed by atoms with Crippen LogP contribution in [0.5, 0.6) is 5.75 Å². The smallest absolute Gasteiger partial charge is 0.118 e. The first-order valence-electron chi connectivity index (χ1n) is 6.62. The number of hydrogen-bond acceptors (Lipinski definition) is 4. The second-order valence-electron chi connectivity index (χ2n) is 4.80. The summed E-state index contributed by atoms with van der Waals surface area (Å²) >= 11 is 0. The molecule has 1 heterocycles. The maximum absolute atomic E-state index is 5.20. The van der Waals surface area contributed by atoms with Crippen LogP contribution in [0.2, 0.25) is 0 Å². The summed E-state index contributed by atoms with van der Waals surface area (Å²) < 4.78 is 5.20. The molecule has 0 bridgehead atoms. The van der Waals surface area contributed by atoms with Crippen molar-refractivity contribution in [3.05, 3.63) is 29.8 Å². The highest BCUT2D eigenvalue weighted by Gasteiger charge is 2.33. The Hall–Kier alpha value is -1.10. The van der Waals surface area contributed by atoms with Crippen molar-refractivity contribution in [1.82, 2.24) is 16.2 Å². The van der Waals surface area contributed by atoms with E-state index in [9.17, 15) is 0 Å². The maximum atomic E-state index is 5.20. The van der Waals surface area contributed by atoms with Gasteiger partial charge in [-0.05, 0) is 31.2 Å². The molecule has 1 aromatic rings. The highest BCUT2D eigenvalue weighted by molar-refractivity contribution is 5.30. The number of hydrazine groups is 1. The molecule has 1 aliphatic rings. The van der Waals surface area contributed by atoms with Crippen LogP contribution >= 0.6 is 0 Å². The second-order valence-corrected chi connectivity index (χ2v) is 4.80. The van der Waals surface area contributed by atoms with E-state index in [-0.39, 0.29) is 0 Å². The Morgan fingerprint density at radius 2 is 1.94 bits per heavy atom. The third kappa shape index (κ3) is 2.83. The Balaban J connectivity index is 2.09. The van der Waals surface area contributed by atoms with Crippen molar-refractivity contribution in [2.45, 2.75) is 25.9 Å². The van der Waals surface area contributed by atoms with Gasteiger partial charge >= 0.3 is 0 Å². The van der Waals surface area contributed by atoms with Crippen molar-refractivity contribution >= 4 is 0 Å². The van der Waals surface area contributed by atoms with Crippen molar-refractivity contribution in [2.75, 3.05) is 20.2 Å². The predicted octanol–water partition coefficient (Wildman–Crippen LogP) is 1.46. The van der Waals surface area contributed by atoms with Gasteiger partial charge in [0, 0.05) is 18.5 Å².